The summed E-state index contributed by atoms with van der Waals surface area (Å²) in [4.78, 5) is 38.7. The summed E-state index contributed by atoms with van der Waals surface area (Å²) in [6.07, 6.45) is 2.32. The number of methoxy groups -OCH3 is 2. The number of phenolic OH excluding ortho intramolecular Hbond substituents is 1. The van der Waals surface area contributed by atoms with Gasteiger partial charge in [0.1, 0.15) is 11.5 Å². The lowest BCUT2D eigenvalue weighted by atomic mass is 9.74. The molecule has 0 heterocycles. The average Bonchev–Trinajstić information content (AvgIpc) is 2.69. The molecule has 6 heteroatoms. The number of aromatic hydroxyl groups is 1. The summed E-state index contributed by atoms with van der Waals surface area (Å²) >= 11 is 0. The summed E-state index contributed by atoms with van der Waals surface area (Å²) in [6, 6.07) is 4.35. The van der Waals surface area contributed by atoms with Crippen LogP contribution in [-0.4, -0.2) is 36.9 Å². The highest BCUT2D eigenvalue weighted by molar-refractivity contribution is 6.31. The maximum Gasteiger partial charge on any atom is 0.338 e. The number of benzene rings is 2. The molecule has 0 amide bonds. The molecule has 2 aromatic rings. The normalized spacial score (nSPS) is 17.5. The summed E-state index contributed by atoms with van der Waals surface area (Å²) < 4.78 is 10.0. The van der Waals surface area contributed by atoms with Crippen LogP contribution in [0.3, 0.4) is 0 Å². The molecular formula is C22H20O6. The summed E-state index contributed by atoms with van der Waals surface area (Å²) in [5.41, 5.74) is 2.28. The van der Waals surface area contributed by atoms with Gasteiger partial charge in [0.2, 0.25) is 5.78 Å². The Kier molecular flexibility index (Phi) is 4.22. The molecule has 1 unspecified atom stereocenters. The first-order valence-corrected chi connectivity index (χ1v) is 9.14. The molecule has 0 bridgehead atoms. The second-order valence-corrected chi connectivity index (χ2v) is 7.38. The third-order valence-corrected chi connectivity index (χ3v) is 5.63. The summed E-state index contributed by atoms with van der Waals surface area (Å²) in [7, 11) is 2.60. The van der Waals surface area contributed by atoms with E-state index in [0.717, 1.165) is 24.0 Å². The van der Waals surface area contributed by atoms with Crippen molar-refractivity contribution in [2.75, 3.05) is 14.2 Å². The Labute approximate surface area is 162 Å². The van der Waals surface area contributed by atoms with Gasteiger partial charge in [0.15, 0.2) is 5.78 Å². The zero-order valence-electron chi connectivity index (χ0n) is 15.9. The zero-order valence-corrected chi connectivity index (χ0v) is 15.9. The molecule has 0 aliphatic heterocycles. The van der Waals surface area contributed by atoms with E-state index < -0.39 is 11.8 Å². The number of rotatable bonds is 2. The summed E-state index contributed by atoms with van der Waals surface area (Å²) in [6.45, 7) is 2.12. The number of carbonyl (C=O) groups excluding carboxylic acids is 3. The molecular weight excluding hydrogens is 360 g/mol. The average molecular weight is 380 g/mol. The lowest BCUT2D eigenvalue weighted by Gasteiger charge is -2.28. The Morgan fingerprint density at radius 3 is 2.50 bits per heavy atom. The largest absolute Gasteiger partial charge is 0.507 e. The number of ketones is 2. The molecule has 0 spiro atoms. The van der Waals surface area contributed by atoms with Crippen LogP contribution in [0.2, 0.25) is 0 Å². The number of fused-ring (bicyclic) bond motifs is 4. The van der Waals surface area contributed by atoms with E-state index in [2.05, 4.69) is 6.92 Å². The molecule has 0 fully saturated rings. The number of ether oxygens (including phenoxy) is 2. The van der Waals surface area contributed by atoms with Crippen LogP contribution in [0.15, 0.2) is 18.2 Å². The van der Waals surface area contributed by atoms with Crippen LogP contribution in [0.4, 0.5) is 0 Å². The second kappa shape index (κ2) is 6.48. The first-order valence-electron chi connectivity index (χ1n) is 9.14. The minimum atomic E-state index is -0.626. The fraction of sp³-hybridized carbons (Fsp3) is 0.318. The Hall–Kier alpha value is -3.15. The van der Waals surface area contributed by atoms with Gasteiger partial charge in [-0.25, -0.2) is 4.79 Å². The zero-order chi connectivity index (χ0) is 20.2. The molecule has 28 heavy (non-hydrogen) atoms. The first kappa shape index (κ1) is 18.2. The highest BCUT2D eigenvalue weighted by Gasteiger charge is 2.38. The van der Waals surface area contributed by atoms with Gasteiger partial charge >= 0.3 is 5.97 Å². The number of phenols is 1. The van der Waals surface area contributed by atoms with Gasteiger partial charge in [-0.05, 0) is 54.5 Å². The predicted molar refractivity (Wildman–Crippen MR) is 100 cm³/mol. The monoisotopic (exact) mass is 380 g/mol. The van der Waals surface area contributed by atoms with Gasteiger partial charge < -0.3 is 14.6 Å². The SMILES string of the molecule is COC(=O)c1cc(OC)c2c(c1)C(=O)c1c3c(cc(O)c1C2=O)CC(C)CC3. The number of hydrogen-bond donors (Lipinski definition) is 1. The summed E-state index contributed by atoms with van der Waals surface area (Å²) in [5, 5.41) is 10.6. The van der Waals surface area contributed by atoms with Crippen molar-refractivity contribution in [3.63, 3.8) is 0 Å². The lowest BCUT2D eigenvalue weighted by Crippen LogP contribution is -2.27. The molecule has 0 aromatic heterocycles. The topological polar surface area (TPSA) is 89.9 Å². The van der Waals surface area contributed by atoms with Crippen molar-refractivity contribution in [3.05, 3.63) is 57.1 Å². The molecule has 0 radical (unpaired) electrons. The van der Waals surface area contributed by atoms with Gasteiger partial charge in [-0.3, -0.25) is 9.59 Å². The van der Waals surface area contributed by atoms with E-state index in [0.29, 0.717) is 12.3 Å². The van der Waals surface area contributed by atoms with Crippen molar-refractivity contribution in [2.24, 2.45) is 5.92 Å². The van der Waals surface area contributed by atoms with Gasteiger partial charge in [-0.1, -0.05) is 6.92 Å². The molecule has 1 atom stereocenters. The Morgan fingerprint density at radius 1 is 1.07 bits per heavy atom. The highest BCUT2D eigenvalue weighted by Crippen LogP contribution is 2.42. The fourth-order valence-corrected chi connectivity index (χ4v) is 4.27. The quantitative estimate of drug-likeness (QED) is 0.687. The van der Waals surface area contributed by atoms with Crippen molar-refractivity contribution < 1.29 is 29.0 Å². The molecule has 2 aliphatic rings. The Morgan fingerprint density at radius 2 is 1.82 bits per heavy atom. The van der Waals surface area contributed by atoms with E-state index in [1.807, 2.05) is 0 Å². The molecule has 2 aromatic carbocycles. The number of carbonyl (C=O) groups is 3. The van der Waals surface area contributed by atoms with Gasteiger partial charge in [-0.15, -0.1) is 0 Å². The molecule has 2 aliphatic carbocycles. The van der Waals surface area contributed by atoms with Gasteiger partial charge in [0.25, 0.3) is 0 Å². The predicted octanol–water partition coefficient (Wildman–Crippen LogP) is 3.09. The molecule has 144 valence electrons. The van der Waals surface area contributed by atoms with Crippen LogP contribution in [0.1, 0.15) is 66.7 Å². The van der Waals surface area contributed by atoms with Crippen molar-refractivity contribution in [3.8, 4) is 11.5 Å². The van der Waals surface area contributed by atoms with Crippen molar-refractivity contribution >= 4 is 17.5 Å². The first-order chi connectivity index (χ1) is 13.4. The molecule has 0 saturated heterocycles. The smallest absolute Gasteiger partial charge is 0.338 e. The van der Waals surface area contributed by atoms with Crippen LogP contribution >= 0.6 is 0 Å². The third kappa shape index (κ3) is 2.52. The highest BCUT2D eigenvalue weighted by atomic mass is 16.5. The number of hydrogen-bond acceptors (Lipinski definition) is 6. The summed E-state index contributed by atoms with van der Waals surface area (Å²) in [5.74, 6) is -1.12. The van der Waals surface area contributed by atoms with E-state index in [-0.39, 0.29) is 45.1 Å². The van der Waals surface area contributed by atoms with Crippen molar-refractivity contribution in [1.82, 2.24) is 0 Å². The number of esters is 1. The third-order valence-electron chi connectivity index (χ3n) is 5.63. The van der Waals surface area contributed by atoms with E-state index >= 15 is 0 Å². The van der Waals surface area contributed by atoms with Gasteiger partial charge in [-0.2, -0.15) is 0 Å². The van der Waals surface area contributed by atoms with Crippen LogP contribution in [-0.2, 0) is 17.6 Å². The van der Waals surface area contributed by atoms with E-state index in [1.54, 1.807) is 6.07 Å². The minimum absolute atomic E-state index is 0.0231. The molecule has 4 rings (SSSR count). The Balaban J connectivity index is 2.00. The van der Waals surface area contributed by atoms with E-state index in [1.165, 1.54) is 26.4 Å². The van der Waals surface area contributed by atoms with Crippen molar-refractivity contribution in [1.29, 1.82) is 0 Å². The van der Waals surface area contributed by atoms with Crippen LogP contribution in [0.25, 0.3) is 0 Å². The van der Waals surface area contributed by atoms with E-state index in [4.69, 9.17) is 9.47 Å². The standard InChI is InChI=1S/C22H20O6/c1-10-4-5-13-11(6-10)8-15(23)19-18(13)20(24)14-7-12(22(26)28-3)9-16(27-2)17(14)21(19)25/h7-10,23H,4-6H2,1-3H3. The minimum Gasteiger partial charge on any atom is -0.507 e. The maximum absolute atomic E-state index is 13.4. The van der Waals surface area contributed by atoms with Gasteiger partial charge in [0, 0.05) is 11.1 Å². The maximum atomic E-state index is 13.4. The van der Waals surface area contributed by atoms with E-state index in [9.17, 15) is 19.5 Å². The van der Waals surface area contributed by atoms with Gasteiger partial charge in [0.05, 0.1) is 30.9 Å². The lowest BCUT2D eigenvalue weighted by molar-refractivity contribution is 0.0600. The van der Waals surface area contributed by atoms with Crippen molar-refractivity contribution in [2.45, 2.75) is 26.2 Å². The fourth-order valence-electron chi connectivity index (χ4n) is 4.27. The molecule has 1 N–H and O–H groups in total. The second-order valence-electron chi connectivity index (χ2n) is 7.38. The van der Waals surface area contributed by atoms with Crippen LogP contribution < -0.4 is 4.74 Å². The Bertz CT molecular complexity index is 1050. The molecule has 0 saturated carbocycles. The van der Waals surface area contributed by atoms with Crippen LogP contribution in [0.5, 0.6) is 11.5 Å². The van der Waals surface area contributed by atoms with Crippen LogP contribution in [0, 0.1) is 5.92 Å². The molecule has 6 nitrogen and oxygen atoms in total.